The summed E-state index contributed by atoms with van der Waals surface area (Å²) in [5.41, 5.74) is 8.75. The zero-order valence-corrected chi connectivity index (χ0v) is 11.5. The first-order chi connectivity index (χ1) is 9.08. The maximum absolute atomic E-state index is 11.3. The molecule has 1 amide bonds. The number of nitrogens with one attached hydrogen (secondary N) is 1. The average Bonchev–Trinajstić information content (AvgIpc) is 2.73. The number of anilines is 1. The lowest BCUT2D eigenvalue weighted by molar-refractivity contribution is -0.114. The summed E-state index contributed by atoms with van der Waals surface area (Å²) in [6, 6.07) is 10.7. The van der Waals surface area contributed by atoms with Crippen LogP contribution in [-0.2, 0) is 11.2 Å². The fourth-order valence-corrected chi connectivity index (χ4v) is 2.94. The van der Waals surface area contributed by atoms with Crippen molar-refractivity contribution in [2.45, 2.75) is 27.2 Å². The largest absolute Gasteiger partial charge is 0.326 e. The molecule has 2 heteroatoms. The number of hydrogen-bond acceptors (Lipinski definition) is 1. The first kappa shape index (κ1) is 12.0. The number of carbonyl (C=O) groups is 1. The van der Waals surface area contributed by atoms with Crippen LogP contribution in [0.25, 0.3) is 11.1 Å². The monoisotopic (exact) mass is 251 g/mol. The third-order valence-electron chi connectivity index (χ3n) is 3.96. The molecule has 0 spiro atoms. The summed E-state index contributed by atoms with van der Waals surface area (Å²) in [4.78, 5) is 11.3. The third kappa shape index (κ3) is 1.84. The van der Waals surface area contributed by atoms with Gasteiger partial charge in [-0.25, -0.2) is 0 Å². The second-order valence-corrected chi connectivity index (χ2v) is 5.22. The Morgan fingerprint density at radius 3 is 2.58 bits per heavy atom. The van der Waals surface area contributed by atoms with Gasteiger partial charge in [0.25, 0.3) is 0 Å². The predicted octanol–water partition coefficient (Wildman–Crippen LogP) is 3.83. The predicted molar refractivity (Wildman–Crippen MR) is 78.5 cm³/mol. The first-order valence-corrected chi connectivity index (χ1v) is 6.57. The topological polar surface area (TPSA) is 29.1 Å². The maximum atomic E-state index is 11.3. The lowest BCUT2D eigenvalue weighted by Gasteiger charge is -2.14. The van der Waals surface area contributed by atoms with Crippen molar-refractivity contribution in [3.05, 3.63) is 52.6 Å². The number of fused-ring (bicyclic) bond motifs is 3. The number of amides is 1. The highest BCUT2D eigenvalue weighted by Gasteiger charge is 2.22. The molecule has 0 bridgehead atoms. The molecule has 2 aromatic carbocycles. The highest BCUT2D eigenvalue weighted by Crippen LogP contribution is 2.41. The molecule has 2 nitrogen and oxygen atoms in total. The van der Waals surface area contributed by atoms with E-state index in [0.717, 1.165) is 17.7 Å². The average molecular weight is 251 g/mol. The van der Waals surface area contributed by atoms with Crippen LogP contribution in [0.15, 0.2) is 30.3 Å². The molecule has 0 saturated carbocycles. The molecule has 1 aliphatic rings. The van der Waals surface area contributed by atoms with Crippen LogP contribution >= 0.6 is 0 Å². The van der Waals surface area contributed by atoms with Crippen molar-refractivity contribution in [1.82, 2.24) is 0 Å². The summed E-state index contributed by atoms with van der Waals surface area (Å²) in [6.45, 7) is 5.76. The quantitative estimate of drug-likeness (QED) is 0.699. The van der Waals surface area contributed by atoms with Crippen LogP contribution in [0.5, 0.6) is 0 Å². The standard InChI is InChI=1S/C17H17NO/c1-10-11(2)17-14(9-16(10)18-12(3)19)8-13-6-4-5-7-15(13)17/h4-7,9H,8H2,1-3H3,(H,18,19). The van der Waals surface area contributed by atoms with E-state index in [1.165, 1.54) is 27.8 Å². The van der Waals surface area contributed by atoms with Crippen LogP contribution in [0.3, 0.4) is 0 Å². The molecule has 2 aromatic rings. The summed E-state index contributed by atoms with van der Waals surface area (Å²) in [7, 11) is 0. The number of hydrogen-bond donors (Lipinski definition) is 1. The van der Waals surface area contributed by atoms with Gasteiger partial charge in [-0.2, -0.15) is 0 Å². The van der Waals surface area contributed by atoms with Gasteiger partial charge in [0.1, 0.15) is 0 Å². The molecule has 19 heavy (non-hydrogen) atoms. The first-order valence-electron chi connectivity index (χ1n) is 6.57. The summed E-state index contributed by atoms with van der Waals surface area (Å²) < 4.78 is 0. The van der Waals surface area contributed by atoms with Gasteiger partial charge in [-0.05, 0) is 59.7 Å². The van der Waals surface area contributed by atoms with Gasteiger partial charge in [0.15, 0.2) is 0 Å². The van der Waals surface area contributed by atoms with Crippen LogP contribution < -0.4 is 5.32 Å². The van der Waals surface area contributed by atoms with Gasteiger partial charge >= 0.3 is 0 Å². The van der Waals surface area contributed by atoms with Crippen LogP contribution in [0, 0.1) is 13.8 Å². The van der Waals surface area contributed by atoms with Crippen molar-refractivity contribution in [3.8, 4) is 11.1 Å². The molecule has 0 heterocycles. The SMILES string of the molecule is CC(=O)Nc1cc2c(c(C)c1C)-c1ccccc1C2. The molecule has 0 aliphatic heterocycles. The highest BCUT2D eigenvalue weighted by molar-refractivity contribution is 5.92. The van der Waals surface area contributed by atoms with Gasteiger partial charge in [-0.15, -0.1) is 0 Å². The van der Waals surface area contributed by atoms with E-state index < -0.39 is 0 Å². The van der Waals surface area contributed by atoms with Crippen molar-refractivity contribution in [2.24, 2.45) is 0 Å². The molecular formula is C17H17NO. The molecule has 3 rings (SSSR count). The van der Waals surface area contributed by atoms with Gasteiger partial charge in [0, 0.05) is 12.6 Å². The number of benzene rings is 2. The van der Waals surface area contributed by atoms with E-state index in [4.69, 9.17) is 0 Å². The molecule has 0 atom stereocenters. The Kier molecular flexibility index (Phi) is 2.67. The van der Waals surface area contributed by atoms with Crippen molar-refractivity contribution in [3.63, 3.8) is 0 Å². The number of rotatable bonds is 1. The molecular weight excluding hydrogens is 234 g/mol. The minimum atomic E-state index is -0.0158. The minimum absolute atomic E-state index is 0.0158. The smallest absolute Gasteiger partial charge is 0.221 e. The van der Waals surface area contributed by atoms with Crippen LogP contribution in [0.1, 0.15) is 29.2 Å². The molecule has 96 valence electrons. The Morgan fingerprint density at radius 1 is 1.11 bits per heavy atom. The van der Waals surface area contributed by atoms with Crippen molar-refractivity contribution in [2.75, 3.05) is 5.32 Å². The van der Waals surface area contributed by atoms with Crippen LogP contribution in [-0.4, -0.2) is 5.91 Å². The summed E-state index contributed by atoms with van der Waals surface area (Å²) >= 11 is 0. The Balaban J connectivity index is 2.20. The zero-order valence-electron chi connectivity index (χ0n) is 11.5. The lowest BCUT2D eigenvalue weighted by Crippen LogP contribution is -2.08. The normalized spacial score (nSPS) is 11.9. The van der Waals surface area contributed by atoms with E-state index >= 15 is 0 Å². The molecule has 1 N–H and O–H groups in total. The molecule has 0 aromatic heterocycles. The second-order valence-electron chi connectivity index (χ2n) is 5.22. The van der Waals surface area contributed by atoms with E-state index in [0.29, 0.717) is 0 Å². The van der Waals surface area contributed by atoms with Crippen molar-refractivity contribution < 1.29 is 4.79 Å². The Bertz CT molecular complexity index is 686. The molecule has 0 radical (unpaired) electrons. The lowest BCUT2D eigenvalue weighted by atomic mass is 9.95. The van der Waals surface area contributed by atoms with E-state index in [1.807, 2.05) is 0 Å². The van der Waals surface area contributed by atoms with Gasteiger partial charge in [-0.1, -0.05) is 24.3 Å². The molecule has 0 unspecified atom stereocenters. The van der Waals surface area contributed by atoms with Crippen molar-refractivity contribution >= 4 is 11.6 Å². The van der Waals surface area contributed by atoms with Crippen LogP contribution in [0.4, 0.5) is 5.69 Å². The summed E-state index contributed by atoms with van der Waals surface area (Å²) in [5.74, 6) is -0.0158. The zero-order chi connectivity index (χ0) is 13.6. The molecule has 1 aliphatic carbocycles. The fourth-order valence-electron chi connectivity index (χ4n) is 2.94. The third-order valence-corrected chi connectivity index (χ3v) is 3.96. The summed E-state index contributed by atoms with van der Waals surface area (Å²) in [6.07, 6.45) is 0.958. The summed E-state index contributed by atoms with van der Waals surface area (Å²) in [5, 5.41) is 2.93. The Morgan fingerprint density at radius 2 is 1.84 bits per heavy atom. The Hall–Kier alpha value is -2.09. The highest BCUT2D eigenvalue weighted by atomic mass is 16.1. The van der Waals surface area contributed by atoms with Crippen molar-refractivity contribution in [1.29, 1.82) is 0 Å². The van der Waals surface area contributed by atoms with E-state index in [2.05, 4.69) is 49.5 Å². The molecule has 0 saturated heterocycles. The van der Waals surface area contributed by atoms with E-state index in [9.17, 15) is 4.79 Å². The van der Waals surface area contributed by atoms with Gasteiger partial charge in [0.2, 0.25) is 5.91 Å². The Labute approximate surface area is 113 Å². The minimum Gasteiger partial charge on any atom is -0.326 e. The molecule has 0 fully saturated rings. The van der Waals surface area contributed by atoms with Gasteiger partial charge in [-0.3, -0.25) is 4.79 Å². The fraction of sp³-hybridized carbons (Fsp3) is 0.235. The second kappa shape index (κ2) is 4.23. The van der Waals surface area contributed by atoms with E-state index in [1.54, 1.807) is 6.92 Å². The number of carbonyl (C=O) groups excluding carboxylic acids is 1. The van der Waals surface area contributed by atoms with Crippen LogP contribution in [0.2, 0.25) is 0 Å². The van der Waals surface area contributed by atoms with Gasteiger partial charge in [0.05, 0.1) is 0 Å². The van der Waals surface area contributed by atoms with E-state index in [-0.39, 0.29) is 5.91 Å². The van der Waals surface area contributed by atoms with Gasteiger partial charge < -0.3 is 5.32 Å². The maximum Gasteiger partial charge on any atom is 0.221 e.